The number of likely N-dealkylation sites (N-methyl/N-ethyl adjacent to an activating group) is 1. The fraction of sp³-hybridized carbons (Fsp3) is 0.846. The monoisotopic (exact) mass is 211 g/mol. The van der Waals surface area contributed by atoms with Crippen molar-refractivity contribution >= 4 is 0 Å². The predicted molar refractivity (Wildman–Crippen MR) is 65.1 cm³/mol. The van der Waals surface area contributed by atoms with Crippen LogP contribution in [0, 0.1) is 0 Å². The van der Waals surface area contributed by atoms with Gasteiger partial charge in [0.25, 0.3) is 0 Å². The smallest absolute Gasteiger partial charge is 0.0810 e. The van der Waals surface area contributed by atoms with E-state index in [0.29, 0.717) is 6.04 Å². The van der Waals surface area contributed by atoms with Gasteiger partial charge in [-0.2, -0.15) is 0 Å². The average Bonchev–Trinajstić information content (AvgIpc) is 2.65. The van der Waals surface area contributed by atoms with Gasteiger partial charge in [0.15, 0.2) is 0 Å². The van der Waals surface area contributed by atoms with Gasteiger partial charge < -0.3 is 10.1 Å². The van der Waals surface area contributed by atoms with Crippen molar-refractivity contribution < 1.29 is 4.74 Å². The minimum absolute atomic E-state index is 0.0219. The molecule has 2 nitrogen and oxygen atoms in total. The van der Waals surface area contributed by atoms with E-state index in [4.69, 9.17) is 4.74 Å². The van der Waals surface area contributed by atoms with Crippen LogP contribution in [0.3, 0.4) is 0 Å². The number of nitrogens with one attached hydrogen (secondary N) is 1. The Kier molecular flexibility index (Phi) is 4.81. The van der Waals surface area contributed by atoms with Crippen LogP contribution in [0.2, 0.25) is 0 Å². The summed E-state index contributed by atoms with van der Waals surface area (Å²) in [4.78, 5) is 0. The molecule has 1 aliphatic heterocycles. The number of hydrogen-bond acceptors (Lipinski definition) is 2. The van der Waals surface area contributed by atoms with Crippen LogP contribution in [0.1, 0.15) is 46.5 Å². The van der Waals surface area contributed by atoms with Crippen molar-refractivity contribution in [3.63, 3.8) is 0 Å². The summed E-state index contributed by atoms with van der Waals surface area (Å²) in [5.41, 5.74) is 1.34. The molecule has 88 valence electrons. The third kappa shape index (κ3) is 3.32. The summed E-state index contributed by atoms with van der Waals surface area (Å²) < 4.78 is 5.90. The van der Waals surface area contributed by atoms with Gasteiger partial charge in [-0.3, -0.25) is 0 Å². The molecule has 0 saturated carbocycles. The summed E-state index contributed by atoms with van der Waals surface area (Å²) in [6.45, 7) is 12.6. The molecule has 2 heteroatoms. The molecule has 0 aromatic heterocycles. The molecule has 0 aromatic carbocycles. The third-order valence-electron chi connectivity index (χ3n) is 3.43. The van der Waals surface area contributed by atoms with Crippen molar-refractivity contribution in [3.05, 3.63) is 12.2 Å². The SMILES string of the molecule is C=C(CC)CC(NCC)C1(C)CCCO1. The van der Waals surface area contributed by atoms with Crippen molar-refractivity contribution in [1.29, 1.82) is 0 Å². The highest BCUT2D eigenvalue weighted by molar-refractivity contribution is 5.03. The van der Waals surface area contributed by atoms with E-state index in [9.17, 15) is 0 Å². The van der Waals surface area contributed by atoms with Gasteiger partial charge >= 0.3 is 0 Å². The first kappa shape index (κ1) is 12.7. The molecule has 1 rings (SSSR count). The summed E-state index contributed by atoms with van der Waals surface area (Å²) in [6.07, 6.45) is 4.47. The summed E-state index contributed by atoms with van der Waals surface area (Å²) in [7, 11) is 0. The van der Waals surface area contributed by atoms with Gasteiger partial charge in [0.1, 0.15) is 0 Å². The molecule has 1 saturated heterocycles. The molecule has 2 unspecified atom stereocenters. The van der Waals surface area contributed by atoms with E-state index in [1.807, 2.05) is 0 Å². The molecule has 0 amide bonds. The lowest BCUT2D eigenvalue weighted by Gasteiger charge is -2.34. The molecule has 1 heterocycles. The lowest BCUT2D eigenvalue weighted by atomic mass is 9.88. The quantitative estimate of drug-likeness (QED) is 0.682. The van der Waals surface area contributed by atoms with E-state index in [1.165, 1.54) is 18.4 Å². The summed E-state index contributed by atoms with van der Waals surface area (Å²) in [6, 6.07) is 0.428. The van der Waals surface area contributed by atoms with Crippen LogP contribution in [0.15, 0.2) is 12.2 Å². The molecule has 0 bridgehead atoms. The van der Waals surface area contributed by atoms with E-state index < -0.39 is 0 Å². The molecular formula is C13H25NO. The van der Waals surface area contributed by atoms with Gasteiger partial charge in [0.05, 0.1) is 5.60 Å². The minimum atomic E-state index is 0.0219. The first-order valence-corrected chi connectivity index (χ1v) is 6.16. The zero-order chi connectivity index (χ0) is 11.3. The number of ether oxygens (including phenoxy) is 1. The van der Waals surface area contributed by atoms with Crippen LogP contribution in [0.25, 0.3) is 0 Å². The van der Waals surface area contributed by atoms with Crippen LogP contribution in [0.5, 0.6) is 0 Å². The second kappa shape index (κ2) is 5.66. The Morgan fingerprint density at radius 3 is 2.73 bits per heavy atom. The van der Waals surface area contributed by atoms with Gasteiger partial charge in [0.2, 0.25) is 0 Å². The third-order valence-corrected chi connectivity index (χ3v) is 3.43. The molecular weight excluding hydrogens is 186 g/mol. The van der Waals surface area contributed by atoms with E-state index in [2.05, 4.69) is 32.7 Å². The molecule has 0 spiro atoms. The fourth-order valence-electron chi connectivity index (χ4n) is 2.26. The van der Waals surface area contributed by atoms with Crippen LogP contribution in [0.4, 0.5) is 0 Å². The van der Waals surface area contributed by atoms with Crippen LogP contribution < -0.4 is 5.32 Å². The second-order valence-corrected chi connectivity index (χ2v) is 4.68. The maximum absolute atomic E-state index is 5.90. The summed E-state index contributed by atoms with van der Waals surface area (Å²) in [5, 5.41) is 3.54. The standard InChI is InChI=1S/C13H25NO/c1-5-11(3)10-12(14-6-2)13(4)8-7-9-15-13/h12,14H,3,5-10H2,1-2,4H3. The zero-order valence-corrected chi connectivity index (χ0v) is 10.4. The van der Waals surface area contributed by atoms with E-state index in [1.54, 1.807) is 0 Å². The molecule has 0 aliphatic carbocycles. The van der Waals surface area contributed by atoms with Crippen molar-refractivity contribution in [3.8, 4) is 0 Å². The lowest BCUT2D eigenvalue weighted by Crippen LogP contribution is -2.48. The molecule has 15 heavy (non-hydrogen) atoms. The molecule has 0 radical (unpaired) electrons. The average molecular weight is 211 g/mol. The van der Waals surface area contributed by atoms with Gasteiger partial charge in [0, 0.05) is 12.6 Å². The van der Waals surface area contributed by atoms with Gasteiger partial charge in [-0.15, -0.1) is 0 Å². The minimum Gasteiger partial charge on any atom is -0.374 e. The summed E-state index contributed by atoms with van der Waals surface area (Å²) >= 11 is 0. The van der Waals surface area contributed by atoms with Gasteiger partial charge in [-0.05, 0) is 39.2 Å². The molecule has 1 fully saturated rings. The second-order valence-electron chi connectivity index (χ2n) is 4.68. The Hall–Kier alpha value is -0.340. The van der Waals surface area contributed by atoms with Crippen LogP contribution in [-0.4, -0.2) is 24.8 Å². The molecule has 1 aliphatic rings. The highest BCUT2D eigenvalue weighted by Gasteiger charge is 2.37. The highest BCUT2D eigenvalue weighted by Crippen LogP contribution is 2.31. The van der Waals surface area contributed by atoms with Crippen molar-refractivity contribution in [2.24, 2.45) is 0 Å². The highest BCUT2D eigenvalue weighted by atomic mass is 16.5. The maximum Gasteiger partial charge on any atom is 0.0810 e. The fourth-order valence-corrected chi connectivity index (χ4v) is 2.26. The summed E-state index contributed by atoms with van der Waals surface area (Å²) in [5.74, 6) is 0. The maximum atomic E-state index is 5.90. The largest absolute Gasteiger partial charge is 0.374 e. The first-order valence-electron chi connectivity index (χ1n) is 6.16. The number of hydrogen-bond donors (Lipinski definition) is 1. The van der Waals surface area contributed by atoms with Crippen molar-refractivity contribution in [1.82, 2.24) is 5.32 Å². The topological polar surface area (TPSA) is 21.3 Å². The lowest BCUT2D eigenvalue weighted by molar-refractivity contribution is -0.0111. The van der Waals surface area contributed by atoms with Crippen molar-refractivity contribution in [2.45, 2.75) is 58.1 Å². The number of rotatable bonds is 6. The Balaban J connectivity index is 2.59. The van der Waals surface area contributed by atoms with Crippen molar-refractivity contribution in [2.75, 3.05) is 13.2 Å². The normalized spacial score (nSPS) is 27.9. The first-order chi connectivity index (χ1) is 7.12. The molecule has 2 atom stereocenters. The Bertz CT molecular complexity index is 207. The zero-order valence-electron chi connectivity index (χ0n) is 10.4. The Labute approximate surface area is 94.1 Å². The van der Waals surface area contributed by atoms with Gasteiger partial charge in [-0.1, -0.05) is 26.0 Å². The van der Waals surface area contributed by atoms with Crippen LogP contribution >= 0.6 is 0 Å². The Morgan fingerprint density at radius 1 is 1.53 bits per heavy atom. The Morgan fingerprint density at radius 2 is 2.27 bits per heavy atom. The van der Waals surface area contributed by atoms with E-state index in [-0.39, 0.29) is 5.60 Å². The van der Waals surface area contributed by atoms with E-state index in [0.717, 1.165) is 26.0 Å². The van der Waals surface area contributed by atoms with E-state index >= 15 is 0 Å². The predicted octanol–water partition coefficient (Wildman–Crippen LogP) is 2.89. The van der Waals surface area contributed by atoms with Crippen LogP contribution in [-0.2, 0) is 4.74 Å². The molecule has 1 N–H and O–H groups in total. The molecule has 0 aromatic rings. The van der Waals surface area contributed by atoms with Gasteiger partial charge in [-0.25, -0.2) is 0 Å².